The zero-order valence-corrected chi connectivity index (χ0v) is 13.3. The SMILES string of the molecule is CCn1c(Sc2cc3c(cc2Br)C(O)C(=O)N3)n[nH]c1=O. The molecule has 1 amide bonds. The largest absolute Gasteiger partial charge is 0.378 e. The summed E-state index contributed by atoms with van der Waals surface area (Å²) < 4.78 is 2.23. The van der Waals surface area contributed by atoms with Gasteiger partial charge in [-0.1, -0.05) is 0 Å². The molecule has 0 saturated carbocycles. The summed E-state index contributed by atoms with van der Waals surface area (Å²) in [7, 11) is 0. The van der Waals surface area contributed by atoms with Gasteiger partial charge in [0.05, 0.1) is 0 Å². The van der Waals surface area contributed by atoms with Gasteiger partial charge in [-0.05, 0) is 46.7 Å². The van der Waals surface area contributed by atoms with Crippen molar-refractivity contribution in [2.75, 3.05) is 5.32 Å². The van der Waals surface area contributed by atoms with E-state index in [-0.39, 0.29) is 5.69 Å². The summed E-state index contributed by atoms with van der Waals surface area (Å²) in [6.45, 7) is 2.37. The lowest BCUT2D eigenvalue weighted by atomic mass is 10.1. The molecule has 2 aromatic rings. The number of carbonyl (C=O) groups is 1. The first-order valence-electron chi connectivity index (χ1n) is 6.16. The summed E-state index contributed by atoms with van der Waals surface area (Å²) in [4.78, 5) is 23.8. The number of hydrogen-bond acceptors (Lipinski definition) is 5. The van der Waals surface area contributed by atoms with Crippen LogP contribution in [0.25, 0.3) is 0 Å². The Kier molecular flexibility index (Phi) is 3.64. The quantitative estimate of drug-likeness (QED) is 0.759. The topological polar surface area (TPSA) is 100 Å². The number of carbonyl (C=O) groups excluding carboxylic acids is 1. The van der Waals surface area contributed by atoms with Gasteiger partial charge < -0.3 is 10.4 Å². The summed E-state index contributed by atoms with van der Waals surface area (Å²) in [6.07, 6.45) is -1.14. The van der Waals surface area contributed by atoms with Crippen molar-refractivity contribution >= 4 is 39.3 Å². The standard InChI is InChI=1S/C12H11BrN4O3S/c1-2-17-11(20)15-16-12(17)21-8-4-7-5(3-6(8)13)9(18)10(19)14-7/h3-4,9,18H,2H2,1H3,(H,14,19)(H,15,20). The number of fused-ring (bicyclic) bond motifs is 1. The van der Waals surface area contributed by atoms with Crippen molar-refractivity contribution in [1.82, 2.24) is 14.8 Å². The molecule has 7 nitrogen and oxygen atoms in total. The van der Waals surface area contributed by atoms with E-state index in [1.54, 1.807) is 12.1 Å². The van der Waals surface area contributed by atoms with Crippen LogP contribution in [0.3, 0.4) is 0 Å². The van der Waals surface area contributed by atoms with Gasteiger partial charge in [-0.2, -0.15) is 0 Å². The first kappa shape index (κ1) is 14.4. The number of rotatable bonds is 3. The van der Waals surface area contributed by atoms with Gasteiger partial charge in [0.2, 0.25) is 0 Å². The van der Waals surface area contributed by atoms with Crippen molar-refractivity contribution < 1.29 is 9.90 Å². The molecule has 3 rings (SSSR count). The van der Waals surface area contributed by atoms with Gasteiger partial charge >= 0.3 is 5.69 Å². The Morgan fingerprint density at radius 2 is 2.24 bits per heavy atom. The number of nitrogens with zero attached hydrogens (tertiary/aromatic N) is 2. The minimum absolute atomic E-state index is 0.263. The Balaban J connectivity index is 1.99. The second kappa shape index (κ2) is 5.32. The van der Waals surface area contributed by atoms with E-state index in [4.69, 9.17) is 0 Å². The van der Waals surface area contributed by atoms with Crippen molar-refractivity contribution in [3.63, 3.8) is 0 Å². The fraction of sp³-hybridized carbons (Fsp3) is 0.250. The van der Waals surface area contributed by atoms with Crippen molar-refractivity contribution in [3.8, 4) is 0 Å². The molecule has 1 aromatic carbocycles. The van der Waals surface area contributed by atoms with E-state index in [9.17, 15) is 14.7 Å². The fourth-order valence-corrected chi connectivity index (χ4v) is 3.63. The molecule has 1 aliphatic heterocycles. The highest BCUT2D eigenvalue weighted by Crippen LogP contribution is 2.40. The molecular formula is C12H11BrN4O3S. The van der Waals surface area contributed by atoms with Gasteiger partial charge in [-0.15, -0.1) is 5.10 Å². The predicted octanol–water partition coefficient (Wildman–Crippen LogP) is 1.49. The van der Waals surface area contributed by atoms with Crippen LogP contribution in [0.4, 0.5) is 5.69 Å². The number of aromatic nitrogens is 3. The third kappa shape index (κ3) is 2.41. The third-order valence-electron chi connectivity index (χ3n) is 3.15. The monoisotopic (exact) mass is 370 g/mol. The number of amides is 1. The maximum Gasteiger partial charge on any atom is 0.343 e. The summed E-state index contributed by atoms with van der Waals surface area (Å²) >= 11 is 4.71. The van der Waals surface area contributed by atoms with Crippen LogP contribution in [0.5, 0.6) is 0 Å². The van der Waals surface area contributed by atoms with Crippen LogP contribution in [-0.2, 0) is 11.3 Å². The molecule has 1 unspecified atom stereocenters. The van der Waals surface area contributed by atoms with Crippen LogP contribution in [0.2, 0.25) is 0 Å². The minimum Gasteiger partial charge on any atom is -0.378 e. The highest BCUT2D eigenvalue weighted by molar-refractivity contribution is 9.10. The van der Waals surface area contributed by atoms with Crippen LogP contribution in [0.15, 0.2) is 31.5 Å². The summed E-state index contributed by atoms with van der Waals surface area (Å²) in [5, 5.41) is 19.3. The predicted molar refractivity (Wildman–Crippen MR) is 80.4 cm³/mol. The van der Waals surface area contributed by atoms with Gasteiger partial charge in [0.1, 0.15) is 0 Å². The van der Waals surface area contributed by atoms with Gasteiger partial charge in [0.15, 0.2) is 11.3 Å². The molecule has 9 heteroatoms. The average molecular weight is 371 g/mol. The molecule has 0 aliphatic carbocycles. The van der Waals surface area contributed by atoms with E-state index < -0.39 is 12.0 Å². The Morgan fingerprint density at radius 1 is 1.48 bits per heavy atom. The number of benzene rings is 1. The molecule has 1 atom stereocenters. The lowest BCUT2D eigenvalue weighted by Gasteiger charge is -2.08. The molecule has 0 radical (unpaired) electrons. The molecule has 0 spiro atoms. The lowest BCUT2D eigenvalue weighted by Crippen LogP contribution is -2.16. The summed E-state index contributed by atoms with van der Waals surface area (Å²) in [5.74, 6) is -0.440. The minimum atomic E-state index is -1.14. The van der Waals surface area contributed by atoms with Crippen LogP contribution in [0, 0.1) is 0 Å². The molecule has 2 heterocycles. The number of halogens is 1. The van der Waals surface area contributed by atoms with E-state index >= 15 is 0 Å². The van der Waals surface area contributed by atoms with Crippen molar-refractivity contribution in [2.45, 2.75) is 29.6 Å². The molecule has 0 fully saturated rings. The highest BCUT2D eigenvalue weighted by atomic mass is 79.9. The average Bonchev–Trinajstić information content (AvgIpc) is 2.93. The smallest absolute Gasteiger partial charge is 0.343 e. The third-order valence-corrected chi connectivity index (χ3v) is 5.12. The van der Waals surface area contributed by atoms with Gasteiger partial charge in [-0.25, -0.2) is 9.89 Å². The second-order valence-electron chi connectivity index (χ2n) is 4.42. The van der Waals surface area contributed by atoms with E-state index in [0.29, 0.717) is 23.0 Å². The van der Waals surface area contributed by atoms with Crippen LogP contribution >= 0.6 is 27.7 Å². The van der Waals surface area contributed by atoms with Crippen LogP contribution < -0.4 is 11.0 Å². The molecule has 0 bridgehead atoms. The van der Waals surface area contributed by atoms with E-state index in [2.05, 4.69) is 31.4 Å². The molecule has 110 valence electrons. The number of aromatic amines is 1. The van der Waals surface area contributed by atoms with Crippen molar-refractivity contribution in [3.05, 3.63) is 32.7 Å². The molecule has 21 heavy (non-hydrogen) atoms. The number of aliphatic hydroxyl groups excluding tert-OH is 1. The van der Waals surface area contributed by atoms with Gasteiger partial charge in [0.25, 0.3) is 5.91 Å². The number of anilines is 1. The number of aliphatic hydroxyl groups is 1. The molecular weight excluding hydrogens is 360 g/mol. The number of H-pyrrole nitrogens is 1. The van der Waals surface area contributed by atoms with Crippen LogP contribution in [-0.4, -0.2) is 25.8 Å². The number of nitrogens with one attached hydrogen (secondary N) is 2. The van der Waals surface area contributed by atoms with E-state index in [1.807, 2.05) is 6.92 Å². The molecule has 0 saturated heterocycles. The lowest BCUT2D eigenvalue weighted by molar-refractivity contribution is -0.123. The van der Waals surface area contributed by atoms with Crippen molar-refractivity contribution in [2.24, 2.45) is 0 Å². The van der Waals surface area contributed by atoms with E-state index in [1.165, 1.54) is 16.3 Å². The zero-order chi connectivity index (χ0) is 15.1. The summed E-state index contributed by atoms with van der Waals surface area (Å²) in [6, 6.07) is 3.44. The van der Waals surface area contributed by atoms with E-state index in [0.717, 1.165) is 9.37 Å². The van der Waals surface area contributed by atoms with Crippen molar-refractivity contribution in [1.29, 1.82) is 0 Å². The molecule has 1 aliphatic rings. The zero-order valence-electron chi connectivity index (χ0n) is 10.9. The summed E-state index contributed by atoms with van der Waals surface area (Å²) in [5.41, 5.74) is 0.839. The Labute approximate surface area is 131 Å². The van der Waals surface area contributed by atoms with Gasteiger partial charge in [-0.3, -0.25) is 9.36 Å². The Hall–Kier alpha value is -1.58. The number of hydrogen-bond donors (Lipinski definition) is 3. The van der Waals surface area contributed by atoms with Crippen LogP contribution in [0.1, 0.15) is 18.6 Å². The maximum absolute atomic E-state index is 11.5. The highest BCUT2D eigenvalue weighted by Gasteiger charge is 2.29. The Bertz CT molecular complexity index is 785. The fourth-order valence-electron chi connectivity index (χ4n) is 2.08. The molecule has 3 N–H and O–H groups in total. The maximum atomic E-state index is 11.5. The first-order chi connectivity index (χ1) is 10.0. The Morgan fingerprint density at radius 3 is 2.95 bits per heavy atom. The molecule has 1 aromatic heterocycles. The normalized spacial score (nSPS) is 16.9. The first-order valence-corrected chi connectivity index (χ1v) is 7.77. The second-order valence-corrected chi connectivity index (χ2v) is 6.28. The van der Waals surface area contributed by atoms with Gasteiger partial charge in [0, 0.05) is 27.2 Å².